The van der Waals surface area contributed by atoms with Gasteiger partial charge in [0.2, 0.25) is 5.91 Å². The van der Waals surface area contributed by atoms with Crippen molar-refractivity contribution in [2.45, 2.75) is 38.0 Å². The Balaban J connectivity index is 1.47. The molecular formula is C20H21F3N6O3. The molecule has 0 bridgehead atoms. The number of benzene rings is 1. The fourth-order valence-electron chi connectivity index (χ4n) is 3.77. The van der Waals surface area contributed by atoms with Gasteiger partial charge in [0, 0.05) is 12.3 Å². The second-order valence-electron chi connectivity index (χ2n) is 7.84. The first kappa shape index (κ1) is 21.9. The van der Waals surface area contributed by atoms with Crippen LogP contribution in [0.2, 0.25) is 0 Å². The van der Waals surface area contributed by atoms with Crippen molar-refractivity contribution in [1.82, 2.24) is 25.0 Å². The maximum Gasteiger partial charge on any atom is 0.417 e. The zero-order valence-electron chi connectivity index (χ0n) is 16.9. The number of aromatic nitrogens is 5. The molecule has 1 fully saturated rings. The summed E-state index contributed by atoms with van der Waals surface area (Å²) in [4.78, 5) is 20.3. The van der Waals surface area contributed by atoms with Crippen molar-refractivity contribution >= 4 is 17.1 Å². The van der Waals surface area contributed by atoms with E-state index in [0.29, 0.717) is 29.1 Å². The van der Waals surface area contributed by atoms with E-state index < -0.39 is 18.9 Å². The molecule has 9 nitrogen and oxygen atoms in total. The van der Waals surface area contributed by atoms with Gasteiger partial charge in [-0.1, -0.05) is 5.21 Å². The molecule has 0 spiro atoms. The highest BCUT2D eigenvalue weighted by atomic mass is 19.4. The SMILES string of the molecule is NC(=O)[C@@H]1CC[C@@H](Cc2ncc3nnn(-c4ccc(OC[C@@H](O)C(F)(F)F)cc4)c3n2)C1. The number of alkyl halides is 3. The average molecular weight is 450 g/mol. The molecule has 32 heavy (non-hydrogen) atoms. The first-order valence-electron chi connectivity index (χ1n) is 10.1. The molecule has 0 aliphatic heterocycles. The number of nitrogens with zero attached hydrogens (tertiary/aromatic N) is 5. The molecule has 0 unspecified atom stereocenters. The third-order valence-corrected chi connectivity index (χ3v) is 5.52. The second kappa shape index (κ2) is 8.69. The molecule has 0 saturated heterocycles. The van der Waals surface area contributed by atoms with Crippen LogP contribution in [-0.2, 0) is 11.2 Å². The molecule has 1 aliphatic carbocycles. The van der Waals surface area contributed by atoms with E-state index in [1.165, 1.54) is 16.8 Å². The number of carbonyl (C=O) groups excluding carboxylic acids is 1. The topological polar surface area (TPSA) is 129 Å². The van der Waals surface area contributed by atoms with Crippen LogP contribution >= 0.6 is 0 Å². The molecule has 1 saturated carbocycles. The molecule has 3 atom stereocenters. The van der Waals surface area contributed by atoms with Gasteiger partial charge in [0.1, 0.15) is 18.2 Å². The van der Waals surface area contributed by atoms with Crippen LogP contribution in [-0.4, -0.2) is 54.9 Å². The minimum Gasteiger partial charge on any atom is -0.491 e. The number of fused-ring (bicyclic) bond motifs is 1. The molecule has 12 heteroatoms. The van der Waals surface area contributed by atoms with Gasteiger partial charge in [-0.25, -0.2) is 9.97 Å². The van der Waals surface area contributed by atoms with Crippen LogP contribution in [0.15, 0.2) is 30.5 Å². The summed E-state index contributed by atoms with van der Waals surface area (Å²) in [6, 6.07) is 6.13. The van der Waals surface area contributed by atoms with Gasteiger partial charge in [-0.3, -0.25) is 4.79 Å². The molecule has 4 rings (SSSR count). The lowest BCUT2D eigenvalue weighted by atomic mass is 10.0. The number of aliphatic hydroxyl groups is 1. The van der Waals surface area contributed by atoms with E-state index in [-0.39, 0.29) is 23.5 Å². The van der Waals surface area contributed by atoms with E-state index in [2.05, 4.69) is 20.3 Å². The Morgan fingerprint density at radius 1 is 1.28 bits per heavy atom. The summed E-state index contributed by atoms with van der Waals surface area (Å²) in [7, 11) is 0. The van der Waals surface area contributed by atoms with Gasteiger partial charge in [-0.05, 0) is 49.4 Å². The summed E-state index contributed by atoms with van der Waals surface area (Å²) in [6.07, 6.45) is -2.73. The maximum atomic E-state index is 12.4. The van der Waals surface area contributed by atoms with E-state index in [9.17, 15) is 18.0 Å². The van der Waals surface area contributed by atoms with Crippen molar-refractivity contribution in [2.75, 3.05) is 6.61 Å². The number of carbonyl (C=O) groups is 1. The zero-order chi connectivity index (χ0) is 22.9. The summed E-state index contributed by atoms with van der Waals surface area (Å²) < 4.78 is 43.6. The van der Waals surface area contributed by atoms with Gasteiger partial charge in [-0.2, -0.15) is 17.9 Å². The van der Waals surface area contributed by atoms with Crippen molar-refractivity contribution < 1.29 is 27.8 Å². The van der Waals surface area contributed by atoms with Crippen LogP contribution in [0.5, 0.6) is 5.75 Å². The Bertz CT molecular complexity index is 1100. The number of aliphatic hydroxyl groups excluding tert-OH is 1. The van der Waals surface area contributed by atoms with Gasteiger partial charge < -0.3 is 15.6 Å². The highest BCUT2D eigenvalue weighted by Gasteiger charge is 2.38. The number of amides is 1. The molecule has 2 aromatic heterocycles. The number of nitrogens with two attached hydrogens (primary N) is 1. The normalized spacial score (nSPS) is 19.9. The molecule has 2 heterocycles. The van der Waals surface area contributed by atoms with Gasteiger partial charge in [0.15, 0.2) is 17.3 Å². The summed E-state index contributed by atoms with van der Waals surface area (Å²) >= 11 is 0. The van der Waals surface area contributed by atoms with Gasteiger partial charge in [-0.15, -0.1) is 5.10 Å². The van der Waals surface area contributed by atoms with E-state index in [4.69, 9.17) is 15.6 Å². The minimum absolute atomic E-state index is 0.103. The molecular weight excluding hydrogens is 429 g/mol. The predicted octanol–water partition coefficient (Wildman–Crippen LogP) is 1.96. The third kappa shape index (κ3) is 4.79. The van der Waals surface area contributed by atoms with E-state index >= 15 is 0 Å². The van der Waals surface area contributed by atoms with E-state index in [1.807, 2.05) is 0 Å². The Hall–Kier alpha value is -3.28. The Labute approximate surface area is 180 Å². The highest BCUT2D eigenvalue weighted by Crippen LogP contribution is 2.32. The number of ether oxygens (including phenoxy) is 1. The highest BCUT2D eigenvalue weighted by molar-refractivity contribution is 5.76. The molecule has 0 radical (unpaired) electrons. The lowest BCUT2D eigenvalue weighted by Crippen LogP contribution is -2.34. The summed E-state index contributed by atoms with van der Waals surface area (Å²) in [6.45, 7) is -0.899. The Kier molecular flexibility index (Phi) is 5.96. The fourth-order valence-corrected chi connectivity index (χ4v) is 3.77. The van der Waals surface area contributed by atoms with Crippen LogP contribution in [0.4, 0.5) is 13.2 Å². The van der Waals surface area contributed by atoms with Crippen LogP contribution in [0.1, 0.15) is 25.1 Å². The van der Waals surface area contributed by atoms with Gasteiger partial charge in [0.05, 0.1) is 11.9 Å². The lowest BCUT2D eigenvalue weighted by molar-refractivity contribution is -0.210. The van der Waals surface area contributed by atoms with Crippen LogP contribution in [0.3, 0.4) is 0 Å². The average Bonchev–Trinajstić information content (AvgIpc) is 3.39. The number of hydrogen-bond acceptors (Lipinski definition) is 7. The number of rotatable bonds is 7. The maximum absolute atomic E-state index is 12.4. The smallest absolute Gasteiger partial charge is 0.417 e. The van der Waals surface area contributed by atoms with Crippen LogP contribution in [0.25, 0.3) is 16.9 Å². The Morgan fingerprint density at radius 3 is 2.69 bits per heavy atom. The van der Waals surface area contributed by atoms with Crippen molar-refractivity contribution in [3.8, 4) is 11.4 Å². The van der Waals surface area contributed by atoms with Crippen molar-refractivity contribution in [3.05, 3.63) is 36.3 Å². The first-order valence-corrected chi connectivity index (χ1v) is 10.1. The zero-order valence-corrected chi connectivity index (χ0v) is 16.9. The number of hydrogen-bond donors (Lipinski definition) is 2. The summed E-state index contributed by atoms with van der Waals surface area (Å²) in [5.41, 5.74) is 6.96. The minimum atomic E-state index is -4.74. The van der Waals surface area contributed by atoms with Crippen molar-refractivity contribution in [3.63, 3.8) is 0 Å². The number of primary amides is 1. The van der Waals surface area contributed by atoms with E-state index in [0.717, 1.165) is 19.3 Å². The monoisotopic (exact) mass is 450 g/mol. The number of halogens is 3. The molecule has 1 amide bonds. The second-order valence-corrected chi connectivity index (χ2v) is 7.84. The predicted molar refractivity (Wildman–Crippen MR) is 106 cm³/mol. The van der Waals surface area contributed by atoms with Crippen molar-refractivity contribution in [1.29, 1.82) is 0 Å². The molecule has 1 aromatic carbocycles. The summed E-state index contributed by atoms with van der Waals surface area (Å²) in [5.74, 6) is 0.678. The van der Waals surface area contributed by atoms with Gasteiger partial charge >= 0.3 is 6.18 Å². The third-order valence-electron chi connectivity index (χ3n) is 5.52. The Morgan fingerprint density at radius 2 is 2.03 bits per heavy atom. The fraction of sp³-hybridized carbons (Fsp3) is 0.450. The molecule has 1 aliphatic rings. The first-order chi connectivity index (χ1) is 15.2. The van der Waals surface area contributed by atoms with Crippen LogP contribution < -0.4 is 10.5 Å². The van der Waals surface area contributed by atoms with Gasteiger partial charge in [0.25, 0.3) is 0 Å². The van der Waals surface area contributed by atoms with E-state index in [1.54, 1.807) is 18.3 Å². The standard InChI is InChI=1S/C20H21F3N6O3/c21-20(22,23)16(30)10-32-14-5-3-13(4-6-14)29-19-15(27-28-29)9-25-17(26-19)8-11-1-2-12(7-11)18(24)31/h3-6,9,11-12,16,30H,1-2,7-8,10H2,(H2,24,31)/t11-,12-,16-/m1/s1. The molecule has 3 aromatic rings. The van der Waals surface area contributed by atoms with Crippen LogP contribution in [0, 0.1) is 11.8 Å². The lowest BCUT2D eigenvalue weighted by Gasteiger charge is -2.15. The molecule has 170 valence electrons. The largest absolute Gasteiger partial charge is 0.491 e. The quantitative estimate of drug-likeness (QED) is 0.563. The molecule has 3 N–H and O–H groups in total. The summed E-state index contributed by atoms with van der Waals surface area (Å²) in [5, 5.41) is 17.2. The van der Waals surface area contributed by atoms with Crippen molar-refractivity contribution in [2.24, 2.45) is 17.6 Å².